The molecule has 1 heterocycles. The van der Waals surface area contributed by atoms with E-state index in [0.29, 0.717) is 0 Å². The second kappa shape index (κ2) is 4.88. The van der Waals surface area contributed by atoms with Gasteiger partial charge in [-0.25, -0.2) is 0 Å². The van der Waals surface area contributed by atoms with Crippen LogP contribution in [0.4, 0.5) is 0 Å². The van der Waals surface area contributed by atoms with E-state index in [1.807, 2.05) is 6.07 Å². The first-order valence-corrected chi connectivity index (χ1v) is 6.12. The Morgan fingerprint density at radius 1 is 1.41 bits per heavy atom. The summed E-state index contributed by atoms with van der Waals surface area (Å²) in [4.78, 5) is 14.1. The molecule has 92 valence electrons. The molecule has 0 saturated carbocycles. The van der Waals surface area contributed by atoms with Gasteiger partial charge in [0.2, 0.25) is 5.91 Å². The highest BCUT2D eigenvalue weighted by atomic mass is 16.2. The number of rotatable bonds is 3. The summed E-state index contributed by atoms with van der Waals surface area (Å²) in [6.45, 7) is 4.84. The molecule has 0 radical (unpaired) electrons. The van der Waals surface area contributed by atoms with Crippen molar-refractivity contribution in [3.05, 3.63) is 35.9 Å². The van der Waals surface area contributed by atoms with Crippen LogP contribution in [0, 0.1) is 5.41 Å². The Balaban J connectivity index is 1.97. The molecular weight excluding hydrogens is 212 g/mol. The van der Waals surface area contributed by atoms with Crippen LogP contribution in [0.25, 0.3) is 0 Å². The van der Waals surface area contributed by atoms with Crippen LogP contribution in [0.5, 0.6) is 0 Å². The summed E-state index contributed by atoms with van der Waals surface area (Å²) in [7, 11) is 1.72. The molecule has 1 atom stereocenters. The van der Waals surface area contributed by atoms with Crippen molar-refractivity contribution in [1.29, 1.82) is 0 Å². The monoisotopic (exact) mass is 232 g/mol. The molecule has 1 amide bonds. The Kier molecular flexibility index (Phi) is 3.48. The molecule has 0 unspecified atom stereocenters. The van der Waals surface area contributed by atoms with Crippen molar-refractivity contribution in [2.45, 2.75) is 19.9 Å². The van der Waals surface area contributed by atoms with Gasteiger partial charge < -0.3 is 5.32 Å². The third-order valence-corrected chi connectivity index (χ3v) is 3.58. The molecule has 1 aromatic rings. The normalized spacial score (nSPS) is 24.8. The first kappa shape index (κ1) is 12.1. The number of amides is 1. The van der Waals surface area contributed by atoms with Gasteiger partial charge in [-0.05, 0) is 25.5 Å². The van der Waals surface area contributed by atoms with Crippen molar-refractivity contribution in [3.63, 3.8) is 0 Å². The fourth-order valence-corrected chi connectivity index (χ4v) is 2.52. The Hall–Kier alpha value is -1.35. The highest BCUT2D eigenvalue weighted by Crippen LogP contribution is 2.30. The summed E-state index contributed by atoms with van der Waals surface area (Å²) in [5.41, 5.74) is 1.09. The molecule has 17 heavy (non-hydrogen) atoms. The summed E-state index contributed by atoms with van der Waals surface area (Å²) < 4.78 is 0. The lowest BCUT2D eigenvalue weighted by molar-refractivity contribution is -0.129. The zero-order chi connectivity index (χ0) is 12.3. The molecule has 3 nitrogen and oxygen atoms in total. The van der Waals surface area contributed by atoms with E-state index in [1.54, 1.807) is 7.05 Å². The number of nitrogens with zero attached hydrogens (tertiary/aromatic N) is 1. The van der Waals surface area contributed by atoms with Crippen molar-refractivity contribution in [2.24, 2.45) is 5.41 Å². The van der Waals surface area contributed by atoms with E-state index >= 15 is 0 Å². The number of nitrogens with one attached hydrogen (secondary N) is 1. The van der Waals surface area contributed by atoms with Crippen molar-refractivity contribution < 1.29 is 4.79 Å². The molecule has 1 aliphatic heterocycles. The molecule has 1 fully saturated rings. The maximum atomic E-state index is 11.8. The van der Waals surface area contributed by atoms with Gasteiger partial charge in [-0.3, -0.25) is 9.69 Å². The number of carbonyl (C=O) groups is 1. The molecule has 1 N–H and O–H groups in total. The topological polar surface area (TPSA) is 32.3 Å². The van der Waals surface area contributed by atoms with Gasteiger partial charge >= 0.3 is 0 Å². The quantitative estimate of drug-likeness (QED) is 0.859. The third-order valence-electron chi connectivity index (χ3n) is 3.58. The SMILES string of the molecule is CNC(=O)[C@]1(C)CCN(Cc2ccccc2)C1. The number of carbonyl (C=O) groups excluding carboxylic acids is 1. The Labute approximate surface area is 103 Å². The average molecular weight is 232 g/mol. The summed E-state index contributed by atoms with van der Waals surface area (Å²) >= 11 is 0. The number of hydrogen-bond donors (Lipinski definition) is 1. The van der Waals surface area contributed by atoms with Gasteiger partial charge in [-0.2, -0.15) is 0 Å². The molecule has 3 heteroatoms. The van der Waals surface area contributed by atoms with E-state index in [-0.39, 0.29) is 11.3 Å². The molecule has 0 spiro atoms. The van der Waals surface area contributed by atoms with Crippen LogP contribution in [0.1, 0.15) is 18.9 Å². The zero-order valence-corrected chi connectivity index (χ0v) is 10.6. The van der Waals surface area contributed by atoms with Crippen molar-refractivity contribution >= 4 is 5.91 Å². The van der Waals surface area contributed by atoms with Gasteiger partial charge in [-0.1, -0.05) is 30.3 Å². The van der Waals surface area contributed by atoms with Crippen molar-refractivity contribution in [3.8, 4) is 0 Å². The van der Waals surface area contributed by atoms with E-state index in [0.717, 1.165) is 26.1 Å². The van der Waals surface area contributed by atoms with Crippen LogP contribution < -0.4 is 5.32 Å². The van der Waals surface area contributed by atoms with Crippen molar-refractivity contribution in [2.75, 3.05) is 20.1 Å². The highest BCUT2D eigenvalue weighted by Gasteiger charge is 2.39. The van der Waals surface area contributed by atoms with Crippen LogP contribution in [-0.2, 0) is 11.3 Å². The second-order valence-electron chi connectivity index (χ2n) is 5.09. The van der Waals surface area contributed by atoms with Crippen molar-refractivity contribution in [1.82, 2.24) is 10.2 Å². The standard InChI is InChI=1S/C14H20N2O/c1-14(13(17)15-2)8-9-16(11-14)10-12-6-4-3-5-7-12/h3-7H,8-11H2,1-2H3,(H,15,17)/t14-/m1/s1. The van der Waals surface area contributed by atoms with Crippen LogP contribution in [-0.4, -0.2) is 30.9 Å². The Bertz CT molecular complexity index is 390. The van der Waals surface area contributed by atoms with E-state index in [2.05, 4.69) is 41.4 Å². The Morgan fingerprint density at radius 2 is 2.12 bits per heavy atom. The number of benzene rings is 1. The van der Waals surface area contributed by atoms with E-state index in [1.165, 1.54) is 5.56 Å². The molecule has 0 aliphatic carbocycles. The molecule has 2 rings (SSSR count). The summed E-state index contributed by atoms with van der Waals surface area (Å²) in [5.74, 6) is 0.160. The lowest BCUT2D eigenvalue weighted by Crippen LogP contribution is -2.39. The largest absolute Gasteiger partial charge is 0.359 e. The number of hydrogen-bond acceptors (Lipinski definition) is 2. The molecule has 1 aliphatic rings. The minimum Gasteiger partial charge on any atom is -0.359 e. The maximum absolute atomic E-state index is 11.8. The van der Waals surface area contributed by atoms with Crippen LogP contribution in [0.2, 0.25) is 0 Å². The predicted molar refractivity (Wildman–Crippen MR) is 68.5 cm³/mol. The summed E-state index contributed by atoms with van der Waals surface area (Å²) in [5, 5.41) is 2.77. The van der Waals surface area contributed by atoms with E-state index in [4.69, 9.17) is 0 Å². The van der Waals surface area contributed by atoms with Crippen LogP contribution in [0.15, 0.2) is 30.3 Å². The van der Waals surface area contributed by atoms with Gasteiger partial charge in [0.05, 0.1) is 5.41 Å². The van der Waals surface area contributed by atoms with Gasteiger partial charge in [0.25, 0.3) is 0 Å². The molecular formula is C14H20N2O. The van der Waals surface area contributed by atoms with E-state index in [9.17, 15) is 4.79 Å². The third kappa shape index (κ3) is 2.67. The smallest absolute Gasteiger partial charge is 0.227 e. The summed E-state index contributed by atoms with van der Waals surface area (Å²) in [6.07, 6.45) is 0.944. The second-order valence-corrected chi connectivity index (χ2v) is 5.09. The fourth-order valence-electron chi connectivity index (χ4n) is 2.52. The summed E-state index contributed by atoms with van der Waals surface area (Å²) in [6, 6.07) is 10.4. The van der Waals surface area contributed by atoms with Gasteiger partial charge in [0.1, 0.15) is 0 Å². The maximum Gasteiger partial charge on any atom is 0.227 e. The highest BCUT2D eigenvalue weighted by molar-refractivity contribution is 5.82. The predicted octanol–water partition coefficient (Wildman–Crippen LogP) is 1.64. The minimum atomic E-state index is -0.219. The zero-order valence-electron chi connectivity index (χ0n) is 10.6. The van der Waals surface area contributed by atoms with Crippen LogP contribution >= 0.6 is 0 Å². The fraction of sp³-hybridized carbons (Fsp3) is 0.500. The first-order valence-electron chi connectivity index (χ1n) is 6.12. The Morgan fingerprint density at radius 3 is 2.76 bits per heavy atom. The van der Waals surface area contributed by atoms with E-state index < -0.39 is 0 Å². The molecule has 1 saturated heterocycles. The van der Waals surface area contributed by atoms with Crippen LogP contribution in [0.3, 0.4) is 0 Å². The minimum absolute atomic E-state index is 0.160. The van der Waals surface area contributed by atoms with Gasteiger partial charge in [0.15, 0.2) is 0 Å². The lowest BCUT2D eigenvalue weighted by atomic mass is 9.89. The molecule has 0 bridgehead atoms. The molecule has 1 aromatic carbocycles. The van der Waals surface area contributed by atoms with Gasteiger partial charge in [0, 0.05) is 20.1 Å². The van der Waals surface area contributed by atoms with Gasteiger partial charge in [-0.15, -0.1) is 0 Å². The molecule has 0 aromatic heterocycles. The lowest BCUT2D eigenvalue weighted by Gasteiger charge is -2.22. The first-order chi connectivity index (χ1) is 8.14. The number of likely N-dealkylation sites (tertiary alicyclic amines) is 1. The average Bonchev–Trinajstić information content (AvgIpc) is 2.72.